The molecular formula is C77H46N2O. The van der Waals surface area contributed by atoms with E-state index in [-0.39, 0.29) is 5.78 Å². The Labute approximate surface area is 462 Å². The lowest BCUT2D eigenvalue weighted by molar-refractivity contribution is 0.103. The summed E-state index contributed by atoms with van der Waals surface area (Å²) in [6, 6.07) is 89.0. The van der Waals surface area contributed by atoms with Crippen LogP contribution in [0.25, 0.3) is 93.9 Å². The monoisotopic (exact) mass is 1010 g/mol. The maximum absolute atomic E-state index is 16.0. The Morgan fingerprint density at radius 1 is 0.362 bits per heavy atom. The van der Waals surface area contributed by atoms with E-state index in [0.29, 0.717) is 11.1 Å². The van der Waals surface area contributed by atoms with Crippen molar-refractivity contribution in [3.05, 3.63) is 316 Å². The maximum Gasteiger partial charge on any atom is 0.193 e. The summed E-state index contributed by atoms with van der Waals surface area (Å²) in [6.45, 7) is 0. The quantitative estimate of drug-likeness (QED) is 0.127. The van der Waals surface area contributed by atoms with Gasteiger partial charge in [0.1, 0.15) is 0 Å². The van der Waals surface area contributed by atoms with E-state index in [9.17, 15) is 0 Å². The van der Waals surface area contributed by atoms with Gasteiger partial charge in [-0.3, -0.25) is 4.79 Å². The molecule has 0 bridgehead atoms. The Morgan fingerprint density at radius 2 is 0.725 bits per heavy atom. The maximum atomic E-state index is 16.0. The lowest BCUT2D eigenvalue weighted by Crippen LogP contribution is -2.27. The second kappa shape index (κ2) is 15.7. The third-order valence-electron chi connectivity index (χ3n) is 18.9. The molecule has 0 fully saturated rings. The predicted molar refractivity (Wildman–Crippen MR) is 326 cm³/mol. The number of allylic oxidation sites excluding steroid dienone is 4. The molecule has 0 unspecified atom stereocenters. The van der Waals surface area contributed by atoms with Gasteiger partial charge in [-0.1, -0.05) is 188 Å². The molecule has 0 amide bonds. The highest BCUT2D eigenvalue weighted by Crippen LogP contribution is 2.66. The van der Waals surface area contributed by atoms with Crippen molar-refractivity contribution >= 4 is 55.0 Å². The van der Waals surface area contributed by atoms with Gasteiger partial charge in [-0.25, -0.2) is 0 Å². The largest absolute Gasteiger partial charge is 0.309 e. The van der Waals surface area contributed by atoms with Crippen LogP contribution in [-0.2, 0) is 10.8 Å². The van der Waals surface area contributed by atoms with Crippen molar-refractivity contribution in [1.29, 1.82) is 0 Å². The van der Waals surface area contributed by atoms with Gasteiger partial charge in [0, 0.05) is 49.6 Å². The highest BCUT2D eigenvalue weighted by Gasteiger charge is 2.54. The van der Waals surface area contributed by atoms with Gasteiger partial charge in [0.25, 0.3) is 0 Å². The number of nitrogens with zero attached hydrogens (tertiary/aromatic N) is 2. The van der Waals surface area contributed by atoms with Crippen LogP contribution >= 0.6 is 0 Å². The summed E-state index contributed by atoms with van der Waals surface area (Å²) in [7, 11) is 0. The first-order chi connectivity index (χ1) is 39.5. The number of benzene rings is 11. The third kappa shape index (κ3) is 5.34. The molecule has 0 aliphatic heterocycles. The predicted octanol–water partition coefficient (Wildman–Crippen LogP) is 17.9. The molecule has 0 radical (unpaired) electrons. The molecule has 80 heavy (non-hydrogen) atoms. The van der Waals surface area contributed by atoms with Gasteiger partial charge in [0.2, 0.25) is 0 Å². The number of fused-ring (bicyclic) bond motifs is 25. The summed E-state index contributed by atoms with van der Waals surface area (Å²) in [5.74, 6) is 3.03. The summed E-state index contributed by atoms with van der Waals surface area (Å²) < 4.78 is 4.87. The van der Waals surface area contributed by atoms with Gasteiger partial charge in [0.15, 0.2) is 5.78 Å². The molecule has 5 aliphatic carbocycles. The van der Waals surface area contributed by atoms with Crippen molar-refractivity contribution in [2.24, 2.45) is 0 Å². The van der Waals surface area contributed by atoms with Crippen LogP contribution in [-0.4, -0.2) is 14.9 Å². The molecule has 0 saturated carbocycles. The Bertz CT molecular complexity index is 4800. The van der Waals surface area contributed by atoms with Crippen LogP contribution in [0.2, 0.25) is 0 Å². The minimum Gasteiger partial charge on any atom is -0.309 e. The summed E-state index contributed by atoms with van der Waals surface area (Å²) >= 11 is 0. The first kappa shape index (κ1) is 43.8. The molecule has 0 N–H and O–H groups in total. The molecule has 13 aromatic rings. The highest BCUT2D eigenvalue weighted by atomic mass is 16.1. The normalized spacial score (nSPS) is 15.2. The smallest absolute Gasteiger partial charge is 0.193 e. The second-order valence-corrected chi connectivity index (χ2v) is 22.4. The van der Waals surface area contributed by atoms with E-state index >= 15 is 4.79 Å². The minimum absolute atomic E-state index is 0.00217. The van der Waals surface area contributed by atoms with E-state index in [0.717, 1.165) is 68.5 Å². The number of carbonyl (C=O) groups excluding carboxylic acids is 1. The number of terminal acetylenes is 1. The fourth-order valence-electron chi connectivity index (χ4n) is 15.8. The van der Waals surface area contributed by atoms with Crippen LogP contribution < -0.4 is 0 Å². The Kier molecular flexibility index (Phi) is 8.59. The van der Waals surface area contributed by atoms with E-state index in [1.807, 2.05) is 0 Å². The average molecular weight is 1020 g/mol. The number of hydrogen-bond donors (Lipinski definition) is 0. The van der Waals surface area contributed by atoms with Crippen molar-refractivity contribution in [3.8, 4) is 57.1 Å². The lowest BCUT2D eigenvalue weighted by Gasteiger charge is -2.32. The van der Waals surface area contributed by atoms with Crippen LogP contribution in [0.5, 0.6) is 0 Å². The van der Waals surface area contributed by atoms with Crippen LogP contribution in [0.15, 0.2) is 260 Å². The van der Waals surface area contributed by atoms with Crippen LogP contribution in [0.4, 0.5) is 0 Å². The second-order valence-electron chi connectivity index (χ2n) is 22.4. The molecule has 2 aromatic heterocycles. The Balaban J connectivity index is 0.879. The van der Waals surface area contributed by atoms with Crippen molar-refractivity contribution in [1.82, 2.24) is 9.13 Å². The highest BCUT2D eigenvalue weighted by molar-refractivity contribution is 6.13. The number of rotatable bonds is 4. The zero-order valence-electron chi connectivity index (χ0n) is 43.5. The molecule has 370 valence electrons. The van der Waals surface area contributed by atoms with Gasteiger partial charge in [-0.05, 0) is 169 Å². The van der Waals surface area contributed by atoms with Gasteiger partial charge in [-0.2, -0.15) is 0 Å². The van der Waals surface area contributed by atoms with Crippen LogP contribution in [0, 0.1) is 12.3 Å². The SMILES string of the molecule is C#CC1=CC2=C(CC1)c1ccc(C(=O)c3ccc4c(c3)C3(c5ccccc5-4)c4cc(-n5c6ccccc6c6ccccc65)ccc4-c4ccc(-n5c6ccccc6c6ccccc65)cc43)cc1C21c2ccccc2-c2ccccc21. The number of ketones is 1. The molecule has 18 rings (SSSR count). The number of hydrogen-bond acceptors (Lipinski definition) is 1. The first-order valence-corrected chi connectivity index (χ1v) is 27.9. The van der Waals surface area contributed by atoms with Crippen LogP contribution in [0.3, 0.4) is 0 Å². The number of aromatic nitrogens is 2. The zero-order chi connectivity index (χ0) is 52.6. The fourth-order valence-corrected chi connectivity index (χ4v) is 15.8. The molecule has 0 atom stereocenters. The van der Waals surface area contributed by atoms with E-state index in [2.05, 4.69) is 264 Å². The van der Waals surface area contributed by atoms with Crippen molar-refractivity contribution < 1.29 is 4.79 Å². The van der Waals surface area contributed by atoms with Gasteiger partial charge in [0.05, 0.1) is 32.9 Å². The standard InChI is InChI=1S/C77H46N2O/c1-2-46-31-36-54-56-38-33-47(42-67(56)76(66(54)41-46)63-24-10-3-17-51(63)52-18-4-11-25-64(52)76)75(80)48-32-37-55-53-19-5-12-26-65(53)77(68(55)43-48)69-44-49(78-71-27-13-6-20-59(71)60-21-7-14-28-72(60)78)34-39-57(69)58-40-35-50(45-70(58)77)79-73-29-15-8-22-61(73)62-23-9-16-30-74(62)79/h1,3-30,32-35,37-45H,31,36H2. The molecular weight excluding hydrogens is 969 g/mol. The first-order valence-electron chi connectivity index (χ1n) is 27.9. The lowest BCUT2D eigenvalue weighted by atomic mass is 9.68. The van der Waals surface area contributed by atoms with Crippen molar-refractivity contribution in [3.63, 3.8) is 0 Å². The number of para-hydroxylation sites is 4. The fraction of sp³-hybridized carbons (Fsp3) is 0.0519. The molecule has 3 nitrogen and oxygen atoms in total. The van der Waals surface area contributed by atoms with Crippen molar-refractivity contribution in [2.45, 2.75) is 23.7 Å². The van der Waals surface area contributed by atoms with Gasteiger partial charge >= 0.3 is 0 Å². The van der Waals surface area contributed by atoms with Crippen LogP contribution in [0.1, 0.15) is 73.3 Å². The Morgan fingerprint density at radius 3 is 1.19 bits per heavy atom. The molecule has 11 aromatic carbocycles. The molecule has 2 spiro atoms. The zero-order valence-corrected chi connectivity index (χ0v) is 43.5. The summed E-state index contributed by atoms with van der Waals surface area (Å²) in [5, 5.41) is 4.89. The molecule has 5 aliphatic rings. The molecule has 0 saturated heterocycles. The molecule has 3 heteroatoms. The number of carbonyl (C=O) groups is 1. The third-order valence-corrected chi connectivity index (χ3v) is 18.9. The van der Waals surface area contributed by atoms with Gasteiger partial charge in [-0.15, -0.1) is 6.42 Å². The summed E-state index contributed by atoms with van der Waals surface area (Å²) in [5.41, 5.74) is 27.1. The average Bonchev–Trinajstić information content (AvgIpc) is 4.43. The summed E-state index contributed by atoms with van der Waals surface area (Å²) in [6.07, 6.45) is 10.2. The topological polar surface area (TPSA) is 26.9 Å². The van der Waals surface area contributed by atoms with E-state index < -0.39 is 10.8 Å². The Hall–Kier alpha value is -10.3. The van der Waals surface area contributed by atoms with E-state index in [1.54, 1.807) is 0 Å². The van der Waals surface area contributed by atoms with E-state index in [4.69, 9.17) is 6.42 Å². The minimum atomic E-state index is -0.792. The van der Waals surface area contributed by atoms with Crippen molar-refractivity contribution in [2.75, 3.05) is 0 Å². The molecule has 2 heterocycles. The summed E-state index contributed by atoms with van der Waals surface area (Å²) in [4.78, 5) is 16.0. The van der Waals surface area contributed by atoms with Gasteiger partial charge < -0.3 is 9.13 Å². The van der Waals surface area contributed by atoms with E-state index in [1.165, 1.54) is 93.9 Å².